The number of aromatic nitrogens is 2. The highest BCUT2D eigenvalue weighted by Crippen LogP contribution is 2.35. The van der Waals surface area contributed by atoms with Crippen molar-refractivity contribution in [1.29, 1.82) is 0 Å². The lowest BCUT2D eigenvalue weighted by molar-refractivity contribution is -0.117. The predicted molar refractivity (Wildman–Crippen MR) is 131 cm³/mol. The fraction of sp³-hybridized carbons (Fsp3) is 0.308. The molecule has 32 heavy (non-hydrogen) atoms. The molecule has 0 aliphatic carbocycles. The van der Waals surface area contributed by atoms with Gasteiger partial charge in [-0.3, -0.25) is 9.20 Å². The summed E-state index contributed by atoms with van der Waals surface area (Å²) in [5.74, 6) is 0.695. The second-order valence-electron chi connectivity index (χ2n) is 8.54. The summed E-state index contributed by atoms with van der Waals surface area (Å²) in [5, 5.41) is 7.90. The van der Waals surface area contributed by atoms with E-state index in [0.717, 1.165) is 47.2 Å². The van der Waals surface area contributed by atoms with Crippen molar-refractivity contribution < 1.29 is 4.79 Å². The highest BCUT2D eigenvalue weighted by atomic mass is 32.2. The van der Waals surface area contributed by atoms with E-state index in [1.807, 2.05) is 30.5 Å². The van der Waals surface area contributed by atoms with Gasteiger partial charge in [-0.2, -0.15) is 0 Å². The highest BCUT2D eigenvalue weighted by Gasteiger charge is 2.30. The molecule has 1 saturated heterocycles. The van der Waals surface area contributed by atoms with E-state index in [9.17, 15) is 4.79 Å². The Balaban J connectivity index is 1.32. The van der Waals surface area contributed by atoms with Gasteiger partial charge in [0, 0.05) is 22.9 Å². The molecule has 2 aliphatic heterocycles. The van der Waals surface area contributed by atoms with E-state index in [1.54, 1.807) is 17.8 Å². The maximum atomic E-state index is 13.0. The van der Waals surface area contributed by atoms with Gasteiger partial charge in [0.2, 0.25) is 5.91 Å². The van der Waals surface area contributed by atoms with E-state index in [-0.39, 0.29) is 17.9 Å². The normalized spacial score (nSPS) is 18.5. The second kappa shape index (κ2) is 9.35. The predicted octanol–water partition coefficient (Wildman–Crippen LogP) is 4.63. The number of piperidine rings is 1. The second-order valence-corrected chi connectivity index (χ2v) is 9.64. The van der Waals surface area contributed by atoms with Crippen molar-refractivity contribution in [2.45, 2.75) is 36.8 Å². The van der Waals surface area contributed by atoms with E-state index < -0.39 is 0 Å². The molecule has 2 aromatic heterocycles. The third-order valence-electron chi connectivity index (χ3n) is 6.50. The summed E-state index contributed by atoms with van der Waals surface area (Å²) in [5.41, 5.74) is 3.26. The van der Waals surface area contributed by atoms with Crippen LogP contribution in [0.15, 0.2) is 76.8 Å². The highest BCUT2D eigenvalue weighted by molar-refractivity contribution is 8.03. The van der Waals surface area contributed by atoms with E-state index in [4.69, 9.17) is 0 Å². The maximum Gasteiger partial charge on any atom is 0.244 e. The summed E-state index contributed by atoms with van der Waals surface area (Å²) < 4.78 is 2.14. The number of carbonyl (C=O) groups excluding carboxylic acids is 1. The van der Waals surface area contributed by atoms with Gasteiger partial charge in [-0.15, -0.1) is 0 Å². The summed E-state index contributed by atoms with van der Waals surface area (Å²) in [6.45, 7) is 4.25. The van der Waals surface area contributed by atoms with Crippen molar-refractivity contribution in [2.75, 3.05) is 13.1 Å². The molecule has 1 aromatic carbocycles. The molecule has 2 aliphatic rings. The number of amides is 1. The molecule has 2 N–H and O–H groups in total. The van der Waals surface area contributed by atoms with Crippen LogP contribution in [0.2, 0.25) is 0 Å². The summed E-state index contributed by atoms with van der Waals surface area (Å²) in [6.07, 6.45) is 9.72. The molecule has 0 bridgehead atoms. The van der Waals surface area contributed by atoms with Crippen LogP contribution in [0.5, 0.6) is 0 Å². The molecule has 4 heterocycles. The lowest BCUT2D eigenvalue weighted by Gasteiger charge is -2.35. The number of allylic oxidation sites excluding steroid dienone is 1. The Morgan fingerprint density at radius 2 is 2.00 bits per heavy atom. The lowest BCUT2D eigenvalue weighted by Crippen LogP contribution is -2.46. The van der Waals surface area contributed by atoms with Gasteiger partial charge >= 0.3 is 0 Å². The van der Waals surface area contributed by atoms with Crippen molar-refractivity contribution >= 4 is 29.4 Å². The van der Waals surface area contributed by atoms with Crippen LogP contribution in [0.4, 0.5) is 0 Å². The molecule has 1 fully saturated rings. The van der Waals surface area contributed by atoms with Crippen LogP contribution in [0, 0.1) is 5.92 Å². The lowest BCUT2D eigenvalue weighted by atomic mass is 9.80. The number of benzene rings is 1. The Morgan fingerprint density at radius 3 is 2.81 bits per heavy atom. The van der Waals surface area contributed by atoms with Gasteiger partial charge in [0.25, 0.3) is 0 Å². The molecule has 6 heteroatoms. The molecule has 5 rings (SSSR count). The number of imidazole rings is 1. The van der Waals surface area contributed by atoms with Crippen LogP contribution in [0.1, 0.15) is 36.9 Å². The fourth-order valence-corrected chi connectivity index (χ4v) is 5.77. The third kappa shape index (κ3) is 4.38. The number of nitrogens with zero attached hydrogens (tertiary/aromatic N) is 2. The first-order chi connectivity index (χ1) is 15.7. The molecule has 0 spiro atoms. The van der Waals surface area contributed by atoms with Crippen LogP contribution in [-0.2, 0) is 4.79 Å². The third-order valence-corrected chi connectivity index (χ3v) is 7.51. The van der Waals surface area contributed by atoms with E-state index in [1.165, 1.54) is 5.56 Å². The molecule has 2 atom stereocenters. The Morgan fingerprint density at radius 1 is 1.19 bits per heavy atom. The van der Waals surface area contributed by atoms with Crippen LogP contribution in [-0.4, -0.2) is 34.4 Å². The van der Waals surface area contributed by atoms with Gasteiger partial charge < -0.3 is 10.6 Å². The van der Waals surface area contributed by atoms with Gasteiger partial charge in [0.15, 0.2) is 0 Å². The first kappa shape index (κ1) is 21.0. The minimum absolute atomic E-state index is 0.0323. The van der Waals surface area contributed by atoms with E-state index in [0.29, 0.717) is 5.92 Å². The van der Waals surface area contributed by atoms with Crippen molar-refractivity contribution in [3.8, 4) is 0 Å². The SMILES string of the molecule is CC(c1ccccc1)C(NC(=O)C=CC1=Cc2cnc3cccc(n23)S1)C1CCNCC1. The molecule has 0 radical (unpaired) electrons. The Hall–Kier alpha value is -2.83. The van der Waals surface area contributed by atoms with Crippen molar-refractivity contribution in [3.05, 3.63) is 83.0 Å². The number of nitrogens with one attached hydrogen (secondary N) is 2. The number of rotatable bonds is 6. The Labute approximate surface area is 193 Å². The zero-order chi connectivity index (χ0) is 21.9. The fourth-order valence-electron chi connectivity index (χ4n) is 4.78. The quantitative estimate of drug-likeness (QED) is 0.545. The Kier molecular flexibility index (Phi) is 6.14. The largest absolute Gasteiger partial charge is 0.349 e. The number of hydrogen-bond donors (Lipinski definition) is 2. The first-order valence-electron chi connectivity index (χ1n) is 11.3. The first-order valence-corrected chi connectivity index (χ1v) is 12.1. The smallest absolute Gasteiger partial charge is 0.244 e. The minimum atomic E-state index is -0.0323. The summed E-state index contributed by atoms with van der Waals surface area (Å²) in [7, 11) is 0. The molecular weight excluding hydrogens is 416 g/mol. The maximum absolute atomic E-state index is 13.0. The molecule has 5 nitrogen and oxygen atoms in total. The molecule has 1 amide bonds. The number of pyridine rings is 1. The van der Waals surface area contributed by atoms with Crippen LogP contribution < -0.4 is 10.6 Å². The number of carbonyl (C=O) groups is 1. The van der Waals surface area contributed by atoms with E-state index in [2.05, 4.69) is 63.3 Å². The summed E-state index contributed by atoms with van der Waals surface area (Å²) >= 11 is 1.66. The zero-order valence-corrected chi connectivity index (χ0v) is 19.0. The molecule has 2 unspecified atom stereocenters. The van der Waals surface area contributed by atoms with Gasteiger partial charge in [0.05, 0.1) is 16.9 Å². The molecular formula is C26H28N4OS. The van der Waals surface area contributed by atoms with Crippen molar-refractivity contribution in [1.82, 2.24) is 20.0 Å². The van der Waals surface area contributed by atoms with E-state index >= 15 is 0 Å². The zero-order valence-electron chi connectivity index (χ0n) is 18.2. The summed E-state index contributed by atoms with van der Waals surface area (Å²) in [4.78, 5) is 18.5. The standard InChI is InChI=1S/C26H28N4OS/c1-18(19-6-3-2-4-7-19)26(20-12-14-27-15-13-20)29-24(31)11-10-22-16-21-17-28-23-8-5-9-25(32-22)30(21)23/h2-11,16-18,20,26-27H,12-15H2,1H3,(H,29,31). The summed E-state index contributed by atoms with van der Waals surface area (Å²) in [6, 6.07) is 16.7. The van der Waals surface area contributed by atoms with Crippen LogP contribution >= 0.6 is 11.8 Å². The van der Waals surface area contributed by atoms with Crippen LogP contribution in [0.3, 0.4) is 0 Å². The van der Waals surface area contributed by atoms with Gasteiger partial charge in [-0.05, 0) is 61.7 Å². The monoisotopic (exact) mass is 444 g/mol. The average Bonchev–Trinajstić information content (AvgIpc) is 3.26. The topological polar surface area (TPSA) is 58.4 Å². The molecule has 164 valence electrons. The molecule has 3 aromatic rings. The van der Waals surface area contributed by atoms with Crippen molar-refractivity contribution in [2.24, 2.45) is 5.92 Å². The minimum Gasteiger partial charge on any atom is -0.349 e. The number of thioether (sulfide) groups is 1. The number of hydrogen-bond acceptors (Lipinski definition) is 4. The van der Waals surface area contributed by atoms with Gasteiger partial charge in [-0.1, -0.05) is 55.1 Å². The van der Waals surface area contributed by atoms with Gasteiger partial charge in [0.1, 0.15) is 5.65 Å². The van der Waals surface area contributed by atoms with Gasteiger partial charge in [-0.25, -0.2) is 4.98 Å². The van der Waals surface area contributed by atoms with Crippen LogP contribution in [0.25, 0.3) is 11.7 Å². The molecule has 0 saturated carbocycles. The average molecular weight is 445 g/mol. The van der Waals surface area contributed by atoms with Crippen molar-refractivity contribution in [3.63, 3.8) is 0 Å². The Bertz CT molecular complexity index is 1160.